The minimum atomic E-state index is 0.202. The zero-order valence-electron chi connectivity index (χ0n) is 17.9. The lowest BCUT2D eigenvalue weighted by atomic mass is 9.95. The van der Waals surface area contributed by atoms with Gasteiger partial charge in [0.1, 0.15) is 11.6 Å². The summed E-state index contributed by atoms with van der Waals surface area (Å²) in [6, 6.07) is 0. The summed E-state index contributed by atoms with van der Waals surface area (Å²) in [4.78, 5) is 24.0. The van der Waals surface area contributed by atoms with E-state index < -0.39 is 0 Å². The number of ketones is 2. The maximum atomic E-state index is 12.0. The standard InChI is InChI=1S/C22H39N3O2/c1-5-12-18(4)21(26)14-9-8-13-20-17-25(24-23-20)16-11-10-15-22(27)19(6-2)7-3/h17-19H,5-16H2,1-4H3. The Morgan fingerprint density at radius 3 is 2.33 bits per heavy atom. The van der Waals surface area contributed by atoms with E-state index in [9.17, 15) is 9.59 Å². The molecule has 0 bridgehead atoms. The van der Waals surface area contributed by atoms with E-state index in [0.29, 0.717) is 24.4 Å². The third kappa shape index (κ3) is 9.30. The van der Waals surface area contributed by atoms with Crippen LogP contribution in [0.15, 0.2) is 6.20 Å². The number of nitrogens with zero attached hydrogens (tertiary/aromatic N) is 3. The molecule has 154 valence electrons. The molecule has 0 aliphatic heterocycles. The van der Waals surface area contributed by atoms with Gasteiger partial charge in [-0.05, 0) is 51.4 Å². The fourth-order valence-corrected chi connectivity index (χ4v) is 3.53. The van der Waals surface area contributed by atoms with Gasteiger partial charge in [0.05, 0.1) is 5.69 Å². The molecule has 1 heterocycles. The highest BCUT2D eigenvalue weighted by atomic mass is 16.1. The quantitative estimate of drug-likeness (QED) is 0.373. The molecule has 5 nitrogen and oxygen atoms in total. The fourth-order valence-electron chi connectivity index (χ4n) is 3.53. The van der Waals surface area contributed by atoms with Crippen molar-refractivity contribution in [2.75, 3.05) is 0 Å². The van der Waals surface area contributed by atoms with Crippen LogP contribution in [0.4, 0.5) is 0 Å². The summed E-state index contributed by atoms with van der Waals surface area (Å²) in [5, 5.41) is 8.41. The van der Waals surface area contributed by atoms with Crippen molar-refractivity contribution in [2.45, 2.75) is 105 Å². The predicted molar refractivity (Wildman–Crippen MR) is 110 cm³/mol. The van der Waals surface area contributed by atoms with Gasteiger partial charge >= 0.3 is 0 Å². The maximum absolute atomic E-state index is 12.0. The second kappa shape index (κ2) is 13.6. The fraction of sp³-hybridized carbons (Fsp3) is 0.818. The number of carbonyl (C=O) groups excluding carboxylic acids is 2. The number of unbranched alkanes of at least 4 members (excludes halogenated alkanes) is 2. The Morgan fingerprint density at radius 2 is 1.67 bits per heavy atom. The second-order valence-electron chi connectivity index (χ2n) is 7.77. The summed E-state index contributed by atoms with van der Waals surface area (Å²) >= 11 is 0. The molecule has 1 atom stereocenters. The largest absolute Gasteiger partial charge is 0.299 e. The highest BCUT2D eigenvalue weighted by Gasteiger charge is 2.13. The average Bonchev–Trinajstić information content (AvgIpc) is 3.11. The van der Waals surface area contributed by atoms with Gasteiger partial charge in [-0.3, -0.25) is 14.3 Å². The molecule has 1 aromatic rings. The summed E-state index contributed by atoms with van der Waals surface area (Å²) in [6.07, 6.45) is 12.0. The van der Waals surface area contributed by atoms with Crippen LogP contribution in [0.3, 0.4) is 0 Å². The van der Waals surface area contributed by atoms with Gasteiger partial charge in [-0.25, -0.2) is 0 Å². The summed E-state index contributed by atoms with van der Waals surface area (Å²) in [7, 11) is 0. The first kappa shape index (κ1) is 23.5. The van der Waals surface area contributed by atoms with Gasteiger partial charge in [-0.1, -0.05) is 39.3 Å². The van der Waals surface area contributed by atoms with Crippen LogP contribution in [-0.2, 0) is 22.6 Å². The molecule has 0 spiro atoms. The van der Waals surface area contributed by atoms with E-state index in [-0.39, 0.29) is 11.8 Å². The van der Waals surface area contributed by atoms with E-state index in [1.165, 1.54) is 0 Å². The molecule has 0 radical (unpaired) electrons. The SMILES string of the molecule is CCCC(C)C(=O)CCCCc1cn(CCCCC(=O)C(CC)CC)nn1. The lowest BCUT2D eigenvalue weighted by Gasteiger charge is -2.10. The Hall–Kier alpha value is -1.52. The first-order valence-electron chi connectivity index (χ1n) is 11.0. The van der Waals surface area contributed by atoms with Crippen LogP contribution in [0.5, 0.6) is 0 Å². The van der Waals surface area contributed by atoms with Crippen LogP contribution in [0.1, 0.15) is 97.6 Å². The second-order valence-corrected chi connectivity index (χ2v) is 7.77. The third-order valence-electron chi connectivity index (χ3n) is 5.46. The molecule has 0 amide bonds. The van der Waals surface area contributed by atoms with Crippen LogP contribution in [0.25, 0.3) is 0 Å². The van der Waals surface area contributed by atoms with Crippen molar-refractivity contribution in [3.05, 3.63) is 11.9 Å². The van der Waals surface area contributed by atoms with E-state index in [1.54, 1.807) is 0 Å². The minimum absolute atomic E-state index is 0.202. The number of hydrogen-bond acceptors (Lipinski definition) is 4. The zero-order chi connectivity index (χ0) is 20.1. The lowest BCUT2D eigenvalue weighted by molar-refractivity contribution is -0.123. The summed E-state index contributed by atoms with van der Waals surface area (Å²) in [6.45, 7) is 9.15. The Labute approximate surface area is 165 Å². The van der Waals surface area contributed by atoms with Crippen LogP contribution in [0.2, 0.25) is 0 Å². The van der Waals surface area contributed by atoms with Crippen molar-refractivity contribution in [3.8, 4) is 0 Å². The minimum Gasteiger partial charge on any atom is -0.299 e. The maximum Gasteiger partial charge on any atom is 0.135 e. The topological polar surface area (TPSA) is 64.8 Å². The average molecular weight is 378 g/mol. The number of rotatable bonds is 16. The van der Waals surface area contributed by atoms with Crippen molar-refractivity contribution in [1.29, 1.82) is 0 Å². The normalized spacial score (nSPS) is 12.5. The Bertz CT molecular complexity index is 550. The molecule has 0 fully saturated rings. The van der Waals surface area contributed by atoms with Gasteiger partial charge in [0, 0.05) is 37.4 Å². The molecule has 0 N–H and O–H groups in total. The number of carbonyl (C=O) groups is 2. The monoisotopic (exact) mass is 377 g/mol. The number of hydrogen-bond donors (Lipinski definition) is 0. The number of Topliss-reactive ketones (excluding diaryl/α,β-unsaturated/α-hetero) is 2. The molecule has 1 rings (SSSR count). The molecule has 0 aromatic carbocycles. The van der Waals surface area contributed by atoms with Crippen LogP contribution < -0.4 is 0 Å². The molecule has 0 saturated heterocycles. The lowest BCUT2D eigenvalue weighted by Crippen LogP contribution is -2.12. The van der Waals surface area contributed by atoms with Gasteiger partial charge in [0.15, 0.2) is 0 Å². The Kier molecular flexibility index (Phi) is 11.9. The Balaban J connectivity index is 2.18. The zero-order valence-corrected chi connectivity index (χ0v) is 17.9. The first-order chi connectivity index (χ1) is 13.0. The van der Waals surface area contributed by atoms with Crippen molar-refractivity contribution in [3.63, 3.8) is 0 Å². The molecule has 1 aromatic heterocycles. The molecular weight excluding hydrogens is 338 g/mol. The van der Waals surface area contributed by atoms with Crippen molar-refractivity contribution >= 4 is 11.6 Å². The predicted octanol–water partition coefficient (Wildman–Crippen LogP) is 5.17. The molecular formula is C22H39N3O2. The highest BCUT2D eigenvalue weighted by Crippen LogP contribution is 2.14. The number of aromatic nitrogens is 3. The summed E-state index contributed by atoms with van der Waals surface area (Å²) in [5.41, 5.74) is 0.997. The van der Waals surface area contributed by atoms with Gasteiger partial charge in [-0.2, -0.15) is 0 Å². The molecule has 5 heteroatoms. The molecule has 27 heavy (non-hydrogen) atoms. The van der Waals surface area contributed by atoms with Crippen LogP contribution >= 0.6 is 0 Å². The van der Waals surface area contributed by atoms with E-state index >= 15 is 0 Å². The smallest absolute Gasteiger partial charge is 0.135 e. The summed E-state index contributed by atoms with van der Waals surface area (Å²) < 4.78 is 1.88. The van der Waals surface area contributed by atoms with E-state index in [1.807, 2.05) is 17.8 Å². The molecule has 0 aliphatic rings. The van der Waals surface area contributed by atoms with Crippen molar-refractivity contribution in [2.24, 2.45) is 11.8 Å². The van der Waals surface area contributed by atoms with Crippen molar-refractivity contribution < 1.29 is 9.59 Å². The molecule has 0 saturated carbocycles. The van der Waals surface area contributed by atoms with Crippen LogP contribution in [-0.4, -0.2) is 26.6 Å². The third-order valence-corrected chi connectivity index (χ3v) is 5.46. The van der Waals surface area contributed by atoms with E-state index in [2.05, 4.69) is 31.1 Å². The van der Waals surface area contributed by atoms with E-state index in [0.717, 1.165) is 70.0 Å². The van der Waals surface area contributed by atoms with Gasteiger partial charge < -0.3 is 0 Å². The van der Waals surface area contributed by atoms with Crippen LogP contribution in [0, 0.1) is 11.8 Å². The molecule has 0 aliphatic carbocycles. The van der Waals surface area contributed by atoms with Gasteiger partial charge in [0.2, 0.25) is 0 Å². The molecule has 1 unspecified atom stereocenters. The number of aryl methyl sites for hydroxylation is 2. The highest BCUT2D eigenvalue weighted by molar-refractivity contribution is 5.81. The van der Waals surface area contributed by atoms with Gasteiger partial charge in [-0.15, -0.1) is 5.10 Å². The van der Waals surface area contributed by atoms with Gasteiger partial charge in [0.25, 0.3) is 0 Å². The Morgan fingerprint density at radius 1 is 1.00 bits per heavy atom. The summed E-state index contributed by atoms with van der Waals surface area (Å²) in [5.74, 6) is 1.23. The van der Waals surface area contributed by atoms with E-state index in [4.69, 9.17) is 0 Å². The first-order valence-corrected chi connectivity index (χ1v) is 11.0. The van der Waals surface area contributed by atoms with Crippen molar-refractivity contribution in [1.82, 2.24) is 15.0 Å².